The largest absolute Gasteiger partial charge is 0.327 e. The van der Waals surface area contributed by atoms with Gasteiger partial charge in [-0.15, -0.1) is 5.10 Å². The third-order valence-corrected chi connectivity index (χ3v) is 3.65. The van der Waals surface area contributed by atoms with Crippen LogP contribution in [0.3, 0.4) is 0 Å². The van der Waals surface area contributed by atoms with Crippen LogP contribution in [0.15, 0.2) is 5.38 Å². The van der Waals surface area contributed by atoms with E-state index in [0.29, 0.717) is 12.0 Å². The molecule has 1 aromatic rings. The summed E-state index contributed by atoms with van der Waals surface area (Å²) in [6.45, 7) is 0. The SMILES string of the molecule is NC1CCCCCC1Cc1csnn1. The summed E-state index contributed by atoms with van der Waals surface area (Å²) in [6, 6.07) is 0.374. The van der Waals surface area contributed by atoms with Gasteiger partial charge in [-0.1, -0.05) is 23.8 Å². The molecule has 1 heterocycles. The van der Waals surface area contributed by atoms with Gasteiger partial charge in [0.05, 0.1) is 5.69 Å². The number of hydrogen-bond donors (Lipinski definition) is 1. The van der Waals surface area contributed by atoms with E-state index in [2.05, 4.69) is 9.59 Å². The minimum atomic E-state index is 0.374. The molecule has 14 heavy (non-hydrogen) atoms. The van der Waals surface area contributed by atoms with E-state index in [-0.39, 0.29) is 0 Å². The molecule has 2 N–H and O–H groups in total. The van der Waals surface area contributed by atoms with Crippen molar-refractivity contribution in [2.24, 2.45) is 11.7 Å². The molecule has 1 saturated carbocycles. The lowest BCUT2D eigenvalue weighted by molar-refractivity contribution is 0.392. The van der Waals surface area contributed by atoms with Crippen LogP contribution in [0.1, 0.15) is 37.8 Å². The first-order valence-corrected chi connectivity index (χ1v) is 6.21. The minimum absolute atomic E-state index is 0.374. The molecule has 1 aromatic heterocycles. The van der Waals surface area contributed by atoms with Crippen LogP contribution in [-0.2, 0) is 6.42 Å². The average Bonchev–Trinajstić information content (AvgIpc) is 2.60. The average molecular weight is 211 g/mol. The number of nitrogens with zero attached hydrogens (tertiary/aromatic N) is 2. The second-order valence-electron chi connectivity index (χ2n) is 4.16. The molecular weight excluding hydrogens is 194 g/mol. The lowest BCUT2D eigenvalue weighted by Crippen LogP contribution is -2.30. The second-order valence-corrected chi connectivity index (χ2v) is 4.77. The Labute approximate surface area is 88.9 Å². The molecule has 2 rings (SSSR count). The quantitative estimate of drug-likeness (QED) is 0.761. The van der Waals surface area contributed by atoms with Gasteiger partial charge in [0, 0.05) is 11.4 Å². The molecule has 78 valence electrons. The first kappa shape index (κ1) is 10.1. The Hall–Kier alpha value is -0.480. The Kier molecular flexibility index (Phi) is 3.48. The highest BCUT2D eigenvalue weighted by Gasteiger charge is 2.21. The van der Waals surface area contributed by atoms with Crippen LogP contribution in [0.25, 0.3) is 0 Å². The van der Waals surface area contributed by atoms with Crippen LogP contribution in [0, 0.1) is 5.92 Å². The summed E-state index contributed by atoms with van der Waals surface area (Å²) in [5, 5.41) is 6.13. The molecule has 0 aromatic carbocycles. The summed E-state index contributed by atoms with van der Waals surface area (Å²) < 4.78 is 3.89. The van der Waals surface area contributed by atoms with Crippen molar-refractivity contribution in [3.05, 3.63) is 11.1 Å². The van der Waals surface area contributed by atoms with Gasteiger partial charge < -0.3 is 5.73 Å². The fourth-order valence-corrected chi connectivity index (χ4v) is 2.67. The van der Waals surface area contributed by atoms with Crippen LogP contribution < -0.4 is 5.73 Å². The highest BCUT2D eigenvalue weighted by molar-refractivity contribution is 7.03. The van der Waals surface area contributed by atoms with Crippen LogP contribution >= 0.6 is 11.5 Å². The first-order valence-electron chi connectivity index (χ1n) is 5.38. The maximum Gasteiger partial charge on any atom is 0.0758 e. The normalized spacial score (nSPS) is 28.6. The van der Waals surface area contributed by atoms with E-state index in [0.717, 1.165) is 12.1 Å². The standard InChI is InChI=1S/C10H17N3S/c11-10-5-3-1-2-4-8(10)6-9-7-14-13-12-9/h7-8,10H,1-6,11H2. The highest BCUT2D eigenvalue weighted by atomic mass is 32.1. The minimum Gasteiger partial charge on any atom is -0.327 e. The van der Waals surface area contributed by atoms with Gasteiger partial charge in [-0.25, -0.2) is 0 Å². The summed E-state index contributed by atoms with van der Waals surface area (Å²) in [7, 11) is 0. The van der Waals surface area contributed by atoms with E-state index in [1.807, 2.05) is 5.38 Å². The zero-order valence-electron chi connectivity index (χ0n) is 8.35. The van der Waals surface area contributed by atoms with Crippen molar-refractivity contribution in [1.29, 1.82) is 0 Å². The lowest BCUT2D eigenvalue weighted by Gasteiger charge is -2.19. The lowest BCUT2D eigenvalue weighted by atomic mass is 9.91. The summed E-state index contributed by atoms with van der Waals surface area (Å²) in [5.41, 5.74) is 7.27. The summed E-state index contributed by atoms with van der Waals surface area (Å²) in [6.07, 6.45) is 7.45. The molecule has 4 heteroatoms. The van der Waals surface area contributed by atoms with Gasteiger partial charge in [-0.05, 0) is 36.7 Å². The Morgan fingerprint density at radius 3 is 3.00 bits per heavy atom. The molecule has 1 fully saturated rings. The highest BCUT2D eigenvalue weighted by Crippen LogP contribution is 2.24. The number of rotatable bonds is 2. The maximum atomic E-state index is 6.15. The van der Waals surface area contributed by atoms with E-state index in [9.17, 15) is 0 Å². The number of aromatic nitrogens is 2. The second kappa shape index (κ2) is 4.84. The Morgan fingerprint density at radius 2 is 2.21 bits per heavy atom. The van der Waals surface area contributed by atoms with E-state index in [1.54, 1.807) is 0 Å². The third-order valence-electron chi connectivity index (χ3n) is 3.09. The smallest absolute Gasteiger partial charge is 0.0758 e. The van der Waals surface area contributed by atoms with Gasteiger partial charge in [-0.3, -0.25) is 0 Å². The fraction of sp³-hybridized carbons (Fsp3) is 0.800. The zero-order chi connectivity index (χ0) is 9.80. The summed E-state index contributed by atoms with van der Waals surface area (Å²) in [5.74, 6) is 0.626. The van der Waals surface area contributed by atoms with Crippen molar-refractivity contribution >= 4 is 11.5 Å². The predicted molar refractivity (Wildman–Crippen MR) is 58.2 cm³/mol. The van der Waals surface area contributed by atoms with Crippen molar-refractivity contribution in [1.82, 2.24) is 9.59 Å². The first-order chi connectivity index (χ1) is 6.86. The molecule has 1 aliphatic rings. The zero-order valence-corrected chi connectivity index (χ0v) is 9.17. The van der Waals surface area contributed by atoms with Crippen molar-refractivity contribution in [3.8, 4) is 0 Å². The van der Waals surface area contributed by atoms with Gasteiger partial charge in [0.15, 0.2) is 0 Å². The van der Waals surface area contributed by atoms with Gasteiger partial charge in [0.25, 0.3) is 0 Å². The third kappa shape index (κ3) is 2.51. The van der Waals surface area contributed by atoms with Crippen LogP contribution in [0.2, 0.25) is 0 Å². The van der Waals surface area contributed by atoms with E-state index in [1.165, 1.54) is 43.6 Å². The Bertz CT molecular complexity index is 260. The molecular formula is C10H17N3S. The van der Waals surface area contributed by atoms with E-state index >= 15 is 0 Å². The molecule has 0 spiro atoms. The summed E-state index contributed by atoms with van der Waals surface area (Å²) in [4.78, 5) is 0. The molecule has 0 aliphatic heterocycles. The van der Waals surface area contributed by atoms with Gasteiger partial charge in [0.1, 0.15) is 0 Å². The van der Waals surface area contributed by atoms with Crippen LogP contribution in [0.5, 0.6) is 0 Å². The van der Waals surface area contributed by atoms with Crippen molar-refractivity contribution in [2.45, 2.75) is 44.6 Å². The Morgan fingerprint density at radius 1 is 1.36 bits per heavy atom. The molecule has 2 unspecified atom stereocenters. The van der Waals surface area contributed by atoms with Crippen molar-refractivity contribution in [2.75, 3.05) is 0 Å². The van der Waals surface area contributed by atoms with E-state index < -0.39 is 0 Å². The molecule has 3 nitrogen and oxygen atoms in total. The molecule has 2 atom stereocenters. The molecule has 0 bridgehead atoms. The van der Waals surface area contributed by atoms with Gasteiger partial charge in [-0.2, -0.15) is 0 Å². The Balaban J connectivity index is 1.94. The van der Waals surface area contributed by atoms with E-state index in [4.69, 9.17) is 5.73 Å². The summed E-state index contributed by atoms with van der Waals surface area (Å²) >= 11 is 1.43. The monoisotopic (exact) mass is 211 g/mol. The molecule has 1 aliphatic carbocycles. The topological polar surface area (TPSA) is 51.8 Å². The maximum absolute atomic E-state index is 6.15. The molecule has 0 amide bonds. The number of nitrogens with two attached hydrogens (primary N) is 1. The van der Waals surface area contributed by atoms with Gasteiger partial charge in [0.2, 0.25) is 0 Å². The van der Waals surface area contributed by atoms with Gasteiger partial charge >= 0.3 is 0 Å². The van der Waals surface area contributed by atoms with Crippen molar-refractivity contribution < 1.29 is 0 Å². The van der Waals surface area contributed by atoms with Crippen LogP contribution in [0.4, 0.5) is 0 Å². The number of hydrogen-bond acceptors (Lipinski definition) is 4. The molecule has 0 radical (unpaired) electrons. The van der Waals surface area contributed by atoms with Crippen LogP contribution in [-0.4, -0.2) is 15.6 Å². The fourth-order valence-electron chi connectivity index (χ4n) is 2.21. The van der Waals surface area contributed by atoms with Crippen molar-refractivity contribution in [3.63, 3.8) is 0 Å². The predicted octanol–water partition coefficient (Wildman–Crippen LogP) is 1.99. The molecule has 0 saturated heterocycles.